The summed E-state index contributed by atoms with van der Waals surface area (Å²) >= 11 is 5.77. The summed E-state index contributed by atoms with van der Waals surface area (Å²) in [7, 11) is 0. The van der Waals surface area contributed by atoms with E-state index in [2.05, 4.69) is 0 Å². The van der Waals surface area contributed by atoms with Crippen molar-refractivity contribution < 1.29 is 0 Å². The Morgan fingerprint density at radius 3 is 2.14 bits per heavy atom. The highest BCUT2D eigenvalue weighted by molar-refractivity contribution is 6.17. The Labute approximate surface area is 128 Å². The summed E-state index contributed by atoms with van der Waals surface area (Å²) < 4.78 is 3.65. The average Bonchev–Trinajstić information content (AvgIpc) is 2.79. The van der Waals surface area contributed by atoms with Crippen LogP contribution in [-0.4, -0.2) is 15.0 Å². The minimum absolute atomic E-state index is 0.0326. The van der Waals surface area contributed by atoms with Crippen LogP contribution in [0, 0.1) is 0 Å². The van der Waals surface area contributed by atoms with E-state index in [1.54, 1.807) is 0 Å². The number of aromatic nitrogens is 2. The Balaban J connectivity index is 2.09. The maximum absolute atomic E-state index is 12.7. The van der Waals surface area contributed by atoms with Crippen molar-refractivity contribution in [3.05, 3.63) is 70.6 Å². The molecule has 0 saturated carbocycles. The Morgan fingerprint density at radius 1 is 0.857 bits per heavy atom. The first-order chi connectivity index (χ1) is 10.3. The van der Waals surface area contributed by atoms with Gasteiger partial charge in [-0.3, -0.25) is 9.13 Å². The van der Waals surface area contributed by atoms with Gasteiger partial charge in [0, 0.05) is 12.4 Å². The molecule has 0 radical (unpaired) electrons. The first-order valence-electron chi connectivity index (χ1n) is 7.09. The number of halogens is 1. The second kappa shape index (κ2) is 6.19. The van der Waals surface area contributed by atoms with Crippen LogP contribution in [0.2, 0.25) is 0 Å². The number of nitrogens with zero attached hydrogens (tertiary/aromatic N) is 2. The molecule has 0 aliphatic heterocycles. The van der Waals surface area contributed by atoms with E-state index in [1.165, 1.54) is 0 Å². The highest BCUT2D eigenvalue weighted by Gasteiger charge is 2.12. The summed E-state index contributed by atoms with van der Waals surface area (Å²) in [5.41, 5.74) is 3.11. The second-order valence-corrected chi connectivity index (χ2v) is 5.42. The van der Waals surface area contributed by atoms with Gasteiger partial charge in [0.2, 0.25) is 0 Å². The molecule has 0 bridgehead atoms. The van der Waals surface area contributed by atoms with Crippen LogP contribution in [-0.2, 0) is 13.1 Å². The van der Waals surface area contributed by atoms with E-state index >= 15 is 0 Å². The van der Waals surface area contributed by atoms with Crippen LogP contribution in [0.5, 0.6) is 0 Å². The third-order valence-corrected chi connectivity index (χ3v) is 3.89. The molecule has 3 aromatic rings. The molecule has 0 aliphatic rings. The number of benzene rings is 2. The Bertz CT molecular complexity index is 789. The van der Waals surface area contributed by atoms with Crippen LogP contribution in [0.4, 0.5) is 0 Å². The number of hydrogen-bond acceptors (Lipinski definition) is 1. The molecule has 0 aliphatic carbocycles. The standard InChI is InChI=1S/C17H17ClN2O/c18-11-6-12-19-15-9-4-5-10-16(15)20(17(19)21)13-14-7-2-1-3-8-14/h1-5,7-10H,6,11-13H2. The third-order valence-electron chi connectivity index (χ3n) is 3.62. The highest BCUT2D eigenvalue weighted by atomic mass is 35.5. The summed E-state index contributed by atoms with van der Waals surface area (Å²) in [5, 5.41) is 0. The Kier molecular flexibility index (Phi) is 4.11. The molecular formula is C17H17ClN2O. The summed E-state index contributed by atoms with van der Waals surface area (Å²) in [6.45, 7) is 1.25. The fourth-order valence-corrected chi connectivity index (χ4v) is 2.74. The number of aryl methyl sites for hydroxylation is 1. The summed E-state index contributed by atoms with van der Waals surface area (Å²) in [6.07, 6.45) is 0.792. The molecular weight excluding hydrogens is 284 g/mol. The Morgan fingerprint density at radius 2 is 1.48 bits per heavy atom. The number of fused-ring (bicyclic) bond motifs is 1. The van der Waals surface area contributed by atoms with Gasteiger partial charge in [-0.25, -0.2) is 4.79 Å². The maximum Gasteiger partial charge on any atom is 0.329 e. The van der Waals surface area contributed by atoms with Crippen LogP contribution < -0.4 is 5.69 Å². The fourth-order valence-electron chi connectivity index (χ4n) is 2.63. The molecule has 0 N–H and O–H groups in total. The summed E-state index contributed by atoms with van der Waals surface area (Å²) in [6, 6.07) is 18.0. The van der Waals surface area contributed by atoms with E-state index in [1.807, 2.05) is 63.7 Å². The smallest absolute Gasteiger partial charge is 0.292 e. The predicted octanol–water partition coefficient (Wildman–Crippen LogP) is 3.48. The summed E-state index contributed by atoms with van der Waals surface area (Å²) in [5.74, 6) is 0.560. The van der Waals surface area contributed by atoms with E-state index in [-0.39, 0.29) is 5.69 Å². The maximum atomic E-state index is 12.7. The molecule has 0 saturated heterocycles. The van der Waals surface area contributed by atoms with Gasteiger partial charge < -0.3 is 0 Å². The van der Waals surface area contributed by atoms with E-state index in [0.717, 1.165) is 23.0 Å². The van der Waals surface area contributed by atoms with Gasteiger partial charge in [0.05, 0.1) is 17.6 Å². The molecule has 3 rings (SSSR count). The number of alkyl halides is 1. The normalized spacial score (nSPS) is 11.1. The highest BCUT2D eigenvalue weighted by Crippen LogP contribution is 2.15. The zero-order valence-corrected chi connectivity index (χ0v) is 12.5. The quantitative estimate of drug-likeness (QED) is 0.663. The minimum Gasteiger partial charge on any atom is -0.292 e. The van der Waals surface area contributed by atoms with Crippen LogP contribution in [0.1, 0.15) is 12.0 Å². The molecule has 1 heterocycles. The van der Waals surface area contributed by atoms with Gasteiger partial charge in [-0.05, 0) is 24.1 Å². The van der Waals surface area contributed by atoms with Crippen LogP contribution >= 0.6 is 11.6 Å². The lowest BCUT2D eigenvalue weighted by Crippen LogP contribution is -2.25. The van der Waals surface area contributed by atoms with Gasteiger partial charge in [-0.1, -0.05) is 42.5 Å². The number of imidazole rings is 1. The van der Waals surface area contributed by atoms with Gasteiger partial charge in [0.1, 0.15) is 0 Å². The second-order valence-electron chi connectivity index (χ2n) is 5.04. The van der Waals surface area contributed by atoms with Crippen molar-refractivity contribution in [2.45, 2.75) is 19.5 Å². The molecule has 0 amide bonds. The van der Waals surface area contributed by atoms with Crippen LogP contribution in [0.15, 0.2) is 59.4 Å². The van der Waals surface area contributed by atoms with Crippen molar-refractivity contribution in [1.82, 2.24) is 9.13 Å². The van der Waals surface area contributed by atoms with Gasteiger partial charge in [-0.15, -0.1) is 11.6 Å². The van der Waals surface area contributed by atoms with Crippen LogP contribution in [0.25, 0.3) is 11.0 Å². The molecule has 0 unspecified atom stereocenters. The van der Waals surface area contributed by atoms with Crippen molar-refractivity contribution in [1.29, 1.82) is 0 Å². The van der Waals surface area contributed by atoms with Crippen LogP contribution in [0.3, 0.4) is 0 Å². The van der Waals surface area contributed by atoms with Crippen molar-refractivity contribution in [2.24, 2.45) is 0 Å². The lowest BCUT2D eigenvalue weighted by atomic mass is 10.2. The van der Waals surface area contributed by atoms with Crippen molar-refractivity contribution >= 4 is 22.6 Å². The van der Waals surface area contributed by atoms with E-state index < -0.39 is 0 Å². The molecule has 0 fully saturated rings. The van der Waals surface area contributed by atoms with Gasteiger partial charge in [0.25, 0.3) is 0 Å². The largest absolute Gasteiger partial charge is 0.329 e. The number of hydrogen-bond donors (Lipinski definition) is 0. The third kappa shape index (κ3) is 2.74. The monoisotopic (exact) mass is 300 g/mol. The predicted molar refractivity (Wildman–Crippen MR) is 87.1 cm³/mol. The van der Waals surface area contributed by atoms with Gasteiger partial charge >= 0.3 is 5.69 Å². The average molecular weight is 301 g/mol. The number of para-hydroxylation sites is 2. The molecule has 3 nitrogen and oxygen atoms in total. The molecule has 1 aromatic heterocycles. The zero-order valence-electron chi connectivity index (χ0n) is 11.7. The lowest BCUT2D eigenvalue weighted by molar-refractivity contribution is 0.640. The van der Waals surface area contributed by atoms with E-state index in [4.69, 9.17) is 11.6 Å². The topological polar surface area (TPSA) is 26.9 Å². The molecule has 108 valence electrons. The lowest BCUT2D eigenvalue weighted by Gasteiger charge is -2.03. The first kappa shape index (κ1) is 14.0. The SMILES string of the molecule is O=c1n(CCCCl)c2ccccc2n1Cc1ccccc1. The molecule has 2 aromatic carbocycles. The number of rotatable bonds is 5. The molecule has 0 spiro atoms. The minimum atomic E-state index is 0.0326. The van der Waals surface area contributed by atoms with Crippen molar-refractivity contribution in [2.75, 3.05) is 5.88 Å². The van der Waals surface area contributed by atoms with Crippen molar-refractivity contribution in [3.8, 4) is 0 Å². The van der Waals surface area contributed by atoms with Crippen molar-refractivity contribution in [3.63, 3.8) is 0 Å². The first-order valence-corrected chi connectivity index (χ1v) is 7.62. The zero-order chi connectivity index (χ0) is 14.7. The fraction of sp³-hybridized carbons (Fsp3) is 0.235. The molecule has 0 atom stereocenters. The molecule has 4 heteroatoms. The van der Waals surface area contributed by atoms with Gasteiger partial charge in [0.15, 0.2) is 0 Å². The summed E-state index contributed by atoms with van der Waals surface area (Å²) in [4.78, 5) is 12.7. The van der Waals surface area contributed by atoms with E-state index in [0.29, 0.717) is 19.0 Å². The Hall–Kier alpha value is -2.00. The van der Waals surface area contributed by atoms with E-state index in [9.17, 15) is 4.79 Å². The molecule has 21 heavy (non-hydrogen) atoms. The van der Waals surface area contributed by atoms with Gasteiger partial charge in [-0.2, -0.15) is 0 Å².